The summed E-state index contributed by atoms with van der Waals surface area (Å²) in [5, 5.41) is 3.03. The van der Waals surface area contributed by atoms with Gasteiger partial charge in [-0.15, -0.1) is 0 Å². The van der Waals surface area contributed by atoms with Gasteiger partial charge in [0.2, 0.25) is 5.96 Å². The van der Waals surface area contributed by atoms with Crippen LogP contribution in [0.1, 0.15) is 33.1 Å². The number of fused-ring (bicyclic) bond motifs is 5. The van der Waals surface area contributed by atoms with Crippen LogP contribution in [0.2, 0.25) is 0 Å². The summed E-state index contributed by atoms with van der Waals surface area (Å²) >= 11 is 0. The topological polar surface area (TPSA) is 44.7 Å². The molecule has 132 valence electrons. The van der Waals surface area contributed by atoms with E-state index in [1.165, 1.54) is 16.7 Å². The minimum Gasteiger partial charge on any atom is -0.303 e. The summed E-state index contributed by atoms with van der Waals surface area (Å²) in [6, 6.07) is 26.3. The number of amides is 1. The van der Waals surface area contributed by atoms with Gasteiger partial charge >= 0.3 is 0 Å². The van der Waals surface area contributed by atoms with E-state index in [0.29, 0.717) is 18.1 Å². The zero-order chi connectivity index (χ0) is 18.2. The number of anilines is 1. The molecule has 2 aliphatic rings. The zero-order valence-electron chi connectivity index (χ0n) is 14.8. The molecule has 3 aromatic carbocycles. The lowest BCUT2D eigenvalue weighted by atomic mass is 9.97. The number of nitrogens with one attached hydrogen (secondary N) is 1. The Morgan fingerprint density at radius 3 is 2.44 bits per heavy atom. The molecule has 2 heterocycles. The maximum Gasteiger partial charge on any atom is 0.257 e. The Bertz CT molecular complexity index is 1040. The Balaban J connectivity index is 1.55. The Morgan fingerprint density at radius 2 is 1.59 bits per heavy atom. The van der Waals surface area contributed by atoms with Crippen molar-refractivity contribution in [2.75, 3.05) is 11.4 Å². The first-order valence-corrected chi connectivity index (χ1v) is 9.17. The van der Waals surface area contributed by atoms with Crippen LogP contribution in [0.4, 0.5) is 5.69 Å². The van der Waals surface area contributed by atoms with E-state index in [2.05, 4.69) is 52.7 Å². The predicted molar refractivity (Wildman–Crippen MR) is 107 cm³/mol. The number of carbonyl (C=O) groups is 1. The van der Waals surface area contributed by atoms with E-state index < -0.39 is 0 Å². The number of hydrogen-bond acceptors (Lipinski definition) is 3. The molecule has 5 rings (SSSR count). The van der Waals surface area contributed by atoms with E-state index in [0.717, 1.165) is 12.1 Å². The molecule has 4 heteroatoms. The van der Waals surface area contributed by atoms with Crippen LogP contribution in [-0.4, -0.2) is 18.4 Å². The van der Waals surface area contributed by atoms with Gasteiger partial charge in [-0.25, -0.2) is 4.99 Å². The first-order valence-electron chi connectivity index (χ1n) is 9.17. The third kappa shape index (κ3) is 2.70. The van der Waals surface area contributed by atoms with Gasteiger partial charge in [-0.3, -0.25) is 10.1 Å². The summed E-state index contributed by atoms with van der Waals surface area (Å²) in [5.74, 6) is 0.489. The lowest BCUT2D eigenvalue weighted by Gasteiger charge is -2.28. The van der Waals surface area contributed by atoms with Crippen LogP contribution in [0.3, 0.4) is 0 Å². The smallest absolute Gasteiger partial charge is 0.257 e. The first kappa shape index (κ1) is 15.8. The highest BCUT2D eigenvalue weighted by Gasteiger charge is 2.35. The molecule has 1 amide bonds. The first-order chi connectivity index (χ1) is 13.3. The molecule has 0 aliphatic carbocycles. The monoisotopic (exact) mass is 353 g/mol. The number of benzene rings is 3. The molecule has 2 aliphatic heterocycles. The maximum atomic E-state index is 12.7. The molecule has 0 aromatic heterocycles. The Hall–Kier alpha value is -3.40. The van der Waals surface area contributed by atoms with Gasteiger partial charge in [0.05, 0.1) is 12.6 Å². The zero-order valence-corrected chi connectivity index (χ0v) is 14.8. The van der Waals surface area contributed by atoms with Gasteiger partial charge in [0.25, 0.3) is 5.91 Å². The van der Waals surface area contributed by atoms with Crippen molar-refractivity contribution in [3.63, 3.8) is 0 Å². The van der Waals surface area contributed by atoms with E-state index in [9.17, 15) is 4.79 Å². The lowest BCUT2D eigenvalue weighted by molar-refractivity contribution is 0.0976. The standard InChI is InChI=1S/C23H19N3O/c27-22(16-8-2-1-3-9-16)25-23-24-15-21-19-12-6-4-10-17(19)14-18-11-5-7-13-20(18)26(21)23/h1-13,21H,14-15H2,(H,24,25,27). The SMILES string of the molecule is O=C(NC1=NCC2c3ccccc3Cc3ccccc3N12)c1ccccc1. The molecule has 1 atom stereocenters. The molecular weight excluding hydrogens is 334 g/mol. The summed E-state index contributed by atoms with van der Waals surface area (Å²) in [6.45, 7) is 0.635. The second kappa shape index (κ2) is 6.40. The molecular formula is C23H19N3O. The lowest BCUT2D eigenvalue weighted by Crippen LogP contribution is -2.43. The minimum absolute atomic E-state index is 0.107. The van der Waals surface area contributed by atoms with Gasteiger partial charge in [-0.05, 0) is 41.3 Å². The van der Waals surface area contributed by atoms with Crippen molar-refractivity contribution in [1.82, 2.24) is 5.32 Å². The third-order valence-electron chi connectivity index (χ3n) is 5.26. The van der Waals surface area contributed by atoms with E-state index >= 15 is 0 Å². The van der Waals surface area contributed by atoms with E-state index in [-0.39, 0.29) is 11.9 Å². The average Bonchev–Trinajstić information content (AvgIpc) is 3.06. The fourth-order valence-corrected chi connectivity index (χ4v) is 3.98. The molecule has 0 spiro atoms. The molecule has 0 fully saturated rings. The highest BCUT2D eigenvalue weighted by molar-refractivity contribution is 6.12. The molecule has 4 nitrogen and oxygen atoms in total. The summed E-state index contributed by atoms with van der Waals surface area (Å²) in [6.07, 6.45) is 0.888. The largest absolute Gasteiger partial charge is 0.303 e. The fourth-order valence-electron chi connectivity index (χ4n) is 3.98. The highest BCUT2D eigenvalue weighted by Crippen LogP contribution is 2.39. The number of guanidine groups is 1. The van der Waals surface area contributed by atoms with Crippen molar-refractivity contribution in [1.29, 1.82) is 0 Å². The van der Waals surface area contributed by atoms with Crippen LogP contribution in [0.5, 0.6) is 0 Å². The van der Waals surface area contributed by atoms with Gasteiger partial charge in [0.15, 0.2) is 0 Å². The predicted octanol–water partition coefficient (Wildman–Crippen LogP) is 3.94. The van der Waals surface area contributed by atoms with E-state index in [1.54, 1.807) is 0 Å². The fraction of sp³-hybridized carbons (Fsp3) is 0.130. The van der Waals surface area contributed by atoms with Crippen LogP contribution in [0.25, 0.3) is 0 Å². The number of para-hydroxylation sites is 1. The summed E-state index contributed by atoms with van der Waals surface area (Å²) in [7, 11) is 0. The molecule has 3 aromatic rings. The van der Waals surface area contributed by atoms with E-state index in [4.69, 9.17) is 4.99 Å². The summed E-state index contributed by atoms with van der Waals surface area (Å²) in [4.78, 5) is 19.6. The van der Waals surface area contributed by atoms with Crippen LogP contribution >= 0.6 is 0 Å². The number of rotatable bonds is 1. The van der Waals surface area contributed by atoms with Gasteiger partial charge in [0.1, 0.15) is 0 Å². The van der Waals surface area contributed by atoms with Crippen molar-refractivity contribution in [3.8, 4) is 0 Å². The van der Waals surface area contributed by atoms with E-state index in [1.807, 2.05) is 36.4 Å². The Morgan fingerprint density at radius 1 is 0.889 bits per heavy atom. The molecule has 1 N–H and O–H groups in total. The molecule has 0 radical (unpaired) electrons. The average molecular weight is 353 g/mol. The van der Waals surface area contributed by atoms with Crippen molar-refractivity contribution in [2.45, 2.75) is 12.5 Å². The molecule has 27 heavy (non-hydrogen) atoms. The minimum atomic E-state index is -0.134. The number of hydrogen-bond donors (Lipinski definition) is 1. The van der Waals surface area contributed by atoms with Gasteiger partial charge in [-0.1, -0.05) is 60.7 Å². The number of carbonyl (C=O) groups excluding carboxylic acids is 1. The van der Waals surface area contributed by atoms with Gasteiger partial charge in [-0.2, -0.15) is 0 Å². The van der Waals surface area contributed by atoms with Gasteiger partial charge in [0, 0.05) is 11.3 Å². The van der Waals surface area contributed by atoms with Crippen LogP contribution in [-0.2, 0) is 6.42 Å². The normalized spacial score (nSPS) is 17.3. The van der Waals surface area contributed by atoms with Gasteiger partial charge < -0.3 is 4.90 Å². The second-order valence-electron chi connectivity index (χ2n) is 6.87. The summed E-state index contributed by atoms with van der Waals surface area (Å²) < 4.78 is 0. The Kier molecular flexibility index (Phi) is 3.75. The molecule has 0 bridgehead atoms. The number of aliphatic imine (C=N–C) groups is 1. The maximum absolute atomic E-state index is 12.7. The van der Waals surface area contributed by atoms with Crippen molar-refractivity contribution in [3.05, 3.63) is 101 Å². The van der Waals surface area contributed by atoms with Crippen LogP contribution in [0.15, 0.2) is 83.9 Å². The third-order valence-corrected chi connectivity index (χ3v) is 5.26. The molecule has 0 saturated heterocycles. The molecule has 1 unspecified atom stereocenters. The van der Waals surface area contributed by atoms with Crippen molar-refractivity contribution < 1.29 is 4.79 Å². The van der Waals surface area contributed by atoms with Crippen molar-refractivity contribution in [2.24, 2.45) is 4.99 Å². The second-order valence-corrected chi connectivity index (χ2v) is 6.87. The Labute approximate surface area is 158 Å². The number of nitrogens with zero attached hydrogens (tertiary/aromatic N) is 2. The molecule has 0 saturated carbocycles. The van der Waals surface area contributed by atoms with Crippen LogP contribution in [0, 0.1) is 0 Å². The highest BCUT2D eigenvalue weighted by atomic mass is 16.1. The van der Waals surface area contributed by atoms with Crippen LogP contribution < -0.4 is 10.2 Å². The summed E-state index contributed by atoms with van der Waals surface area (Å²) in [5.41, 5.74) is 5.59. The van der Waals surface area contributed by atoms with Crippen molar-refractivity contribution >= 4 is 17.6 Å². The quantitative estimate of drug-likeness (QED) is 0.720.